The number of hydrogen-bond donors (Lipinski definition) is 0. The number of aromatic nitrogens is 1. The lowest BCUT2D eigenvalue weighted by Gasteiger charge is -2.25. The van der Waals surface area contributed by atoms with E-state index in [1.807, 2.05) is 12.1 Å². The smallest absolute Gasteiger partial charge is 0.338 e. The number of carbonyl (C=O) groups is 1. The molecule has 0 N–H and O–H groups in total. The van der Waals surface area contributed by atoms with Gasteiger partial charge in [0.2, 0.25) is 0 Å². The van der Waals surface area contributed by atoms with Crippen molar-refractivity contribution in [3.63, 3.8) is 0 Å². The second kappa shape index (κ2) is 9.87. The predicted molar refractivity (Wildman–Crippen MR) is 131 cm³/mol. The first kappa shape index (κ1) is 23.8. The van der Waals surface area contributed by atoms with E-state index in [2.05, 4.69) is 4.99 Å². The van der Waals surface area contributed by atoms with Crippen LogP contribution in [0.3, 0.4) is 0 Å². The third-order valence-electron chi connectivity index (χ3n) is 5.42. The minimum absolute atomic E-state index is 0.203. The maximum absolute atomic E-state index is 13.6. The second-order valence-corrected chi connectivity index (χ2v) is 8.85. The largest absolute Gasteiger partial charge is 0.493 e. The Morgan fingerprint density at radius 1 is 1.18 bits per heavy atom. The minimum Gasteiger partial charge on any atom is -0.493 e. The molecule has 1 unspecified atom stereocenters. The number of hydrogen-bond acceptors (Lipinski definition) is 7. The SMILES string of the molecule is CCOC(=O)C1=C(C)N=c2s/c(=C/c3ccc(OC)c(OC)c3)c(=O)n2C1c1ccccc1Cl. The van der Waals surface area contributed by atoms with Crippen LogP contribution in [0.15, 0.2) is 63.5 Å². The zero-order valence-electron chi connectivity index (χ0n) is 19.1. The molecule has 0 radical (unpaired) electrons. The molecule has 34 heavy (non-hydrogen) atoms. The quantitative estimate of drug-likeness (QED) is 0.486. The molecule has 1 aliphatic rings. The maximum Gasteiger partial charge on any atom is 0.338 e. The van der Waals surface area contributed by atoms with E-state index in [9.17, 15) is 9.59 Å². The van der Waals surface area contributed by atoms with Crippen molar-refractivity contribution in [3.8, 4) is 11.5 Å². The molecule has 176 valence electrons. The summed E-state index contributed by atoms with van der Waals surface area (Å²) in [6.45, 7) is 3.67. The van der Waals surface area contributed by atoms with E-state index in [4.69, 9.17) is 25.8 Å². The molecule has 1 aliphatic heterocycles. The van der Waals surface area contributed by atoms with E-state index < -0.39 is 12.0 Å². The van der Waals surface area contributed by atoms with E-state index in [-0.39, 0.29) is 12.2 Å². The van der Waals surface area contributed by atoms with Gasteiger partial charge in [0.1, 0.15) is 6.04 Å². The number of thiazole rings is 1. The van der Waals surface area contributed by atoms with Crippen LogP contribution >= 0.6 is 22.9 Å². The van der Waals surface area contributed by atoms with Gasteiger partial charge in [-0.1, -0.05) is 47.2 Å². The molecule has 0 amide bonds. The topological polar surface area (TPSA) is 79.1 Å². The number of halogens is 1. The molecule has 7 nitrogen and oxygen atoms in total. The fourth-order valence-corrected chi connectivity index (χ4v) is 5.16. The zero-order valence-corrected chi connectivity index (χ0v) is 20.7. The summed E-state index contributed by atoms with van der Waals surface area (Å²) in [5.74, 6) is 0.621. The highest BCUT2D eigenvalue weighted by Crippen LogP contribution is 2.34. The molecule has 1 aromatic heterocycles. The van der Waals surface area contributed by atoms with E-state index in [1.165, 1.54) is 15.9 Å². The van der Waals surface area contributed by atoms with Crippen LogP contribution in [0.2, 0.25) is 5.02 Å². The lowest BCUT2D eigenvalue weighted by atomic mass is 9.96. The number of fused-ring (bicyclic) bond motifs is 1. The Morgan fingerprint density at radius 2 is 1.91 bits per heavy atom. The molecular weight excluding hydrogens is 476 g/mol. The van der Waals surface area contributed by atoms with Gasteiger partial charge in [0, 0.05) is 5.02 Å². The second-order valence-electron chi connectivity index (χ2n) is 7.44. The van der Waals surface area contributed by atoms with Gasteiger partial charge in [-0.3, -0.25) is 9.36 Å². The van der Waals surface area contributed by atoms with Crippen molar-refractivity contribution < 1.29 is 19.0 Å². The molecule has 0 bridgehead atoms. The minimum atomic E-state index is -0.753. The summed E-state index contributed by atoms with van der Waals surface area (Å²) in [6.07, 6.45) is 1.76. The molecule has 1 atom stereocenters. The van der Waals surface area contributed by atoms with Gasteiger partial charge in [0.05, 0.1) is 36.6 Å². The molecule has 3 aromatic rings. The average Bonchev–Trinajstić information content (AvgIpc) is 3.13. The van der Waals surface area contributed by atoms with E-state index in [1.54, 1.807) is 64.5 Å². The van der Waals surface area contributed by atoms with Crippen molar-refractivity contribution in [2.75, 3.05) is 20.8 Å². The zero-order chi connectivity index (χ0) is 24.4. The predicted octanol–water partition coefficient (Wildman–Crippen LogP) is 3.47. The van der Waals surface area contributed by atoms with Gasteiger partial charge in [0.15, 0.2) is 16.3 Å². The van der Waals surface area contributed by atoms with Crippen LogP contribution in [0.25, 0.3) is 6.08 Å². The molecule has 2 heterocycles. The highest BCUT2D eigenvalue weighted by Gasteiger charge is 2.34. The Balaban J connectivity index is 1.95. The molecule has 0 fully saturated rings. The number of rotatable bonds is 6. The lowest BCUT2D eigenvalue weighted by Crippen LogP contribution is -2.40. The van der Waals surface area contributed by atoms with Crippen molar-refractivity contribution in [2.45, 2.75) is 19.9 Å². The Hall–Kier alpha value is -3.36. The first-order valence-electron chi connectivity index (χ1n) is 10.6. The Bertz CT molecular complexity index is 1470. The summed E-state index contributed by atoms with van der Waals surface area (Å²) in [6, 6.07) is 11.8. The number of carbonyl (C=O) groups excluding carboxylic acids is 1. The van der Waals surface area contributed by atoms with Crippen LogP contribution in [0.4, 0.5) is 0 Å². The maximum atomic E-state index is 13.6. The van der Waals surface area contributed by atoms with Gasteiger partial charge in [0.25, 0.3) is 5.56 Å². The van der Waals surface area contributed by atoms with E-state index in [0.717, 1.165) is 5.56 Å². The van der Waals surface area contributed by atoms with Crippen molar-refractivity contribution in [1.29, 1.82) is 0 Å². The number of benzene rings is 2. The summed E-state index contributed by atoms with van der Waals surface area (Å²) >= 11 is 7.76. The van der Waals surface area contributed by atoms with Crippen LogP contribution in [-0.4, -0.2) is 31.4 Å². The summed E-state index contributed by atoms with van der Waals surface area (Å²) in [4.78, 5) is 31.6. The fourth-order valence-electron chi connectivity index (χ4n) is 3.88. The van der Waals surface area contributed by atoms with Gasteiger partial charge in [-0.05, 0) is 49.2 Å². The third kappa shape index (κ3) is 4.26. The normalized spacial score (nSPS) is 15.6. The third-order valence-corrected chi connectivity index (χ3v) is 6.75. The summed E-state index contributed by atoms with van der Waals surface area (Å²) in [7, 11) is 3.12. The molecule has 2 aromatic carbocycles. The molecule has 0 aliphatic carbocycles. The Morgan fingerprint density at radius 3 is 2.59 bits per heavy atom. The molecule has 9 heteroatoms. The van der Waals surface area contributed by atoms with Gasteiger partial charge in [-0.15, -0.1) is 0 Å². The van der Waals surface area contributed by atoms with Crippen LogP contribution in [0.1, 0.15) is 31.0 Å². The van der Waals surface area contributed by atoms with Crippen LogP contribution in [-0.2, 0) is 9.53 Å². The van der Waals surface area contributed by atoms with Crippen molar-refractivity contribution in [2.24, 2.45) is 4.99 Å². The standard InChI is InChI=1S/C25H23ClN2O5S/c1-5-33-24(30)21-14(2)27-25-28(22(21)16-8-6-7-9-17(16)26)23(29)20(34-25)13-15-10-11-18(31-3)19(12-15)32-4/h6-13,22H,5H2,1-4H3/b20-13+. The highest BCUT2D eigenvalue weighted by molar-refractivity contribution is 7.07. The number of methoxy groups -OCH3 is 2. The Labute approximate surface area is 205 Å². The number of allylic oxidation sites excluding steroid dienone is 1. The number of ether oxygens (including phenoxy) is 3. The molecule has 0 saturated carbocycles. The van der Waals surface area contributed by atoms with Gasteiger partial charge in [-0.25, -0.2) is 9.79 Å². The highest BCUT2D eigenvalue weighted by atomic mass is 35.5. The van der Waals surface area contributed by atoms with E-state index >= 15 is 0 Å². The summed E-state index contributed by atoms with van der Waals surface area (Å²) < 4.78 is 17.9. The van der Waals surface area contributed by atoms with Crippen molar-refractivity contribution in [1.82, 2.24) is 4.57 Å². The van der Waals surface area contributed by atoms with Gasteiger partial charge in [-0.2, -0.15) is 0 Å². The summed E-state index contributed by atoms with van der Waals surface area (Å²) in [5, 5.41) is 0.443. The fraction of sp³-hybridized carbons (Fsp3) is 0.240. The number of nitrogens with zero attached hydrogens (tertiary/aromatic N) is 2. The Kier molecular flexibility index (Phi) is 6.90. The van der Waals surface area contributed by atoms with Crippen molar-refractivity contribution >= 4 is 35.0 Å². The van der Waals surface area contributed by atoms with Crippen molar-refractivity contribution in [3.05, 3.63) is 89.6 Å². The van der Waals surface area contributed by atoms with Gasteiger partial charge < -0.3 is 14.2 Å². The summed E-state index contributed by atoms with van der Waals surface area (Å²) in [5.41, 5.74) is 1.89. The monoisotopic (exact) mass is 498 g/mol. The first-order valence-corrected chi connectivity index (χ1v) is 11.7. The average molecular weight is 499 g/mol. The van der Waals surface area contributed by atoms with E-state index in [0.29, 0.717) is 42.7 Å². The molecular formula is C25H23ClN2O5S. The lowest BCUT2D eigenvalue weighted by molar-refractivity contribution is -0.139. The molecule has 0 saturated heterocycles. The number of esters is 1. The molecule has 4 rings (SSSR count). The first-order chi connectivity index (χ1) is 16.4. The molecule has 0 spiro atoms. The van der Waals surface area contributed by atoms with Crippen LogP contribution in [0, 0.1) is 0 Å². The van der Waals surface area contributed by atoms with Crippen LogP contribution in [0.5, 0.6) is 11.5 Å². The van der Waals surface area contributed by atoms with Crippen LogP contribution < -0.4 is 24.4 Å². The van der Waals surface area contributed by atoms with Gasteiger partial charge >= 0.3 is 5.97 Å².